The number of ether oxygens (including phenoxy) is 2. The fraction of sp³-hybridized carbons (Fsp3) is 0.250. The lowest BCUT2D eigenvalue weighted by Gasteiger charge is -2.17. The Hall–Kier alpha value is -1.98. The summed E-state index contributed by atoms with van der Waals surface area (Å²) < 4.78 is 10.4. The van der Waals surface area contributed by atoms with Crippen LogP contribution in [0.15, 0.2) is 12.3 Å². The maximum Gasteiger partial charge on any atom is 0.409 e. The maximum absolute atomic E-state index is 10.3. The number of nitrogens with one attached hydrogen (secondary N) is 1. The van der Waals surface area contributed by atoms with Gasteiger partial charge in [0.15, 0.2) is 5.75 Å². The van der Waals surface area contributed by atoms with Crippen molar-refractivity contribution in [1.82, 2.24) is 4.98 Å². The van der Waals surface area contributed by atoms with Crippen molar-refractivity contribution in [3.8, 4) is 11.6 Å². The van der Waals surface area contributed by atoms with Gasteiger partial charge in [-0.1, -0.05) is 0 Å². The number of carboxylic acid groups (broad SMARTS) is 1. The predicted molar refractivity (Wildman–Crippen MR) is 46.9 cm³/mol. The molecule has 2 heterocycles. The summed E-state index contributed by atoms with van der Waals surface area (Å²) in [6, 6.07) is 1.54. The van der Waals surface area contributed by atoms with Gasteiger partial charge in [0.25, 0.3) is 5.88 Å². The number of aromatic nitrogens is 1. The van der Waals surface area contributed by atoms with Crippen LogP contribution in [-0.2, 0) is 0 Å². The minimum absolute atomic E-state index is 0.363. The number of hydrogen-bond donors (Lipinski definition) is 2. The summed E-state index contributed by atoms with van der Waals surface area (Å²) in [5, 5.41) is 10.6. The zero-order valence-corrected chi connectivity index (χ0v) is 7.19. The van der Waals surface area contributed by atoms with Crippen molar-refractivity contribution < 1.29 is 19.4 Å². The van der Waals surface area contributed by atoms with E-state index in [4.69, 9.17) is 14.6 Å². The third-order valence-electron chi connectivity index (χ3n) is 1.65. The molecular formula is C8H8N2O4. The van der Waals surface area contributed by atoms with Gasteiger partial charge in [0.1, 0.15) is 13.2 Å². The normalized spacial score (nSPS) is 13.4. The second-order valence-corrected chi connectivity index (χ2v) is 2.65. The molecule has 1 aromatic rings. The molecule has 0 fully saturated rings. The molecule has 0 spiro atoms. The highest BCUT2D eigenvalue weighted by Crippen LogP contribution is 2.29. The highest BCUT2D eigenvalue weighted by molar-refractivity contribution is 5.83. The van der Waals surface area contributed by atoms with Crippen LogP contribution in [0.2, 0.25) is 0 Å². The lowest BCUT2D eigenvalue weighted by atomic mass is 10.3. The van der Waals surface area contributed by atoms with Crippen LogP contribution in [0.3, 0.4) is 0 Å². The molecule has 14 heavy (non-hydrogen) atoms. The Kier molecular flexibility index (Phi) is 2.10. The Morgan fingerprint density at radius 3 is 3.07 bits per heavy atom. The van der Waals surface area contributed by atoms with E-state index in [9.17, 15) is 4.79 Å². The second kappa shape index (κ2) is 3.41. The van der Waals surface area contributed by atoms with Crippen LogP contribution in [-0.4, -0.2) is 29.4 Å². The summed E-state index contributed by atoms with van der Waals surface area (Å²) in [5.74, 6) is 0.856. The fourth-order valence-corrected chi connectivity index (χ4v) is 1.13. The van der Waals surface area contributed by atoms with Crippen molar-refractivity contribution in [2.24, 2.45) is 0 Å². The third-order valence-corrected chi connectivity index (χ3v) is 1.65. The molecule has 1 aliphatic rings. The van der Waals surface area contributed by atoms with Gasteiger partial charge in [-0.25, -0.2) is 9.78 Å². The van der Waals surface area contributed by atoms with Crippen LogP contribution < -0.4 is 14.8 Å². The molecule has 1 aliphatic heterocycles. The van der Waals surface area contributed by atoms with Crippen LogP contribution >= 0.6 is 0 Å². The van der Waals surface area contributed by atoms with Gasteiger partial charge in [-0.15, -0.1) is 0 Å². The van der Waals surface area contributed by atoms with E-state index in [0.717, 1.165) is 0 Å². The van der Waals surface area contributed by atoms with Crippen LogP contribution in [0.25, 0.3) is 0 Å². The molecule has 2 rings (SSSR count). The first-order valence-corrected chi connectivity index (χ1v) is 4.01. The number of nitrogens with zero attached hydrogens (tertiary/aromatic N) is 1. The maximum atomic E-state index is 10.3. The van der Waals surface area contributed by atoms with Gasteiger partial charge in [-0.05, 0) is 0 Å². The molecule has 0 atom stereocenters. The van der Waals surface area contributed by atoms with Crippen LogP contribution in [0.5, 0.6) is 11.6 Å². The molecule has 1 amide bonds. The van der Waals surface area contributed by atoms with E-state index in [1.807, 2.05) is 0 Å². The molecule has 0 bridgehead atoms. The SMILES string of the molecule is O=C(O)Nc1cnc2c(c1)OCCO2. The average Bonchev–Trinajstić information content (AvgIpc) is 2.17. The van der Waals surface area contributed by atoms with Crippen molar-refractivity contribution in [2.75, 3.05) is 18.5 Å². The standard InChI is InChI=1S/C8H8N2O4/c11-8(12)10-5-3-6-7(9-4-5)14-2-1-13-6/h3-4,10H,1-2H2,(H,11,12). The monoisotopic (exact) mass is 196 g/mol. The Labute approximate surface area is 79.5 Å². The molecule has 0 aromatic carbocycles. The van der Waals surface area contributed by atoms with Gasteiger partial charge in [0.05, 0.1) is 11.9 Å². The zero-order valence-electron chi connectivity index (χ0n) is 7.19. The fourth-order valence-electron chi connectivity index (χ4n) is 1.13. The van der Waals surface area contributed by atoms with E-state index >= 15 is 0 Å². The Morgan fingerprint density at radius 1 is 1.50 bits per heavy atom. The van der Waals surface area contributed by atoms with Crippen LogP contribution in [0.1, 0.15) is 0 Å². The van der Waals surface area contributed by atoms with Gasteiger partial charge in [-0.2, -0.15) is 0 Å². The van der Waals surface area contributed by atoms with Gasteiger partial charge in [0.2, 0.25) is 0 Å². The lowest BCUT2D eigenvalue weighted by Crippen LogP contribution is -2.17. The molecule has 6 heteroatoms. The minimum Gasteiger partial charge on any atom is -0.484 e. The average molecular weight is 196 g/mol. The number of amides is 1. The zero-order chi connectivity index (χ0) is 9.97. The first kappa shape index (κ1) is 8.61. The molecule has 2 N–H and O–H groups in total. The number of anilines is 1. The third kappa shape index (κ3) is 1.68. The molecule has 6 nitrogen and oxygen atoms in total. The lowest BCUT2D eigenvalue weighted by molar-refractivity contribution is 0.164. The van der Waals surface area contributed by atoms with Crippen molar-refractivity contribution in [1.29, 1.82) is 0 Å². The number of rotatable bonds is 1. The largest absolute Gasteiger partial charge is 0.484 e. The van der Waals surface area contributed by atoms with Crippen molar-refractivity contribution in [3.63, 3.8) is 0 Å². The first-order chi connectivity index (χ1) is 6.75. The van der Waals surface area contributed by atoms with Gasteiger partial charge in [0, 0.05) is 6.07 Å². The summed E-state index contributed by atoms with van der Waals surface area (Å²) in [4.78, 5) is 14.2. The number of fused-ring (bicyclic) bond motifs is 1. The minimum atomic E-state index is -1.14. The van der Waals surface area contributed by atoms with Crippen LogP contribution in [0, 0.1) is 0 Å². The molecule has 0 aliphatic carbocycles. The molecular weight excluding hydrogens is 188 g/mol. The van der Waals surface area contributed by atoms with E-state index < -0.39 is 6.09 Å². The smallest absolute Gasteiger partial charge is 0.409 e. The Bertz CT molecular complexity index is 366. The Morgan fingerprint density at radius 2 is 2.29 bits per heavy atom. The summed E-state index contributed by atoms with van der Waals surface area (Å²) in [7, 11) is 0. The van der Waals surface area contributed by atoms with E-state index in [1.54, 1.807) is 0 Å². The van der Waals surface area contributed by atoms with Crippen molar-refractivity contribution in [2.45, 2.75) is 0 Å². The van der Waals surface area contributed by atoms with Crippen LogP contribution in [0.4, 0.5) is 10.5 Å². The molecule has 74 valence electrons. The summed E-state index contributed by atoms with van der Waals surface area (Å²) in [6.45, 7) is 0.914. The molecule has 0 saturated carbocycles. The van der Waals surface area contributed by atoms with Gasteiger partial charge < -0.3 is 14.6 Å². The van der Waals surface area contributed by atoms with E-state index in [0.29, 0.717) is 30.5 Å². The van der Waals surface area contributed by atoms with Crippen molar-refractivity contribution in [3.05, 3.63) is 12.3 Å². The second-order valence-electron chi connectivity index (χ2n) is 2.65. The Balaban J connectivity index is 2.24. The molecule has 0 unspecified atom stereocenters. The highest BCUT2D eigenvalue weighted by atomic mass is 16.6. The first-order valence-electron chi connectivity index (χ1n) is 4.01. The number of carbonyl (C=O) groups is 1. The predicted octanol–water partition coefficient (Wildman–Crippen LogP) is 0.943. The van der Waals surface area contributed by atoms with E-state index in [1.165, 1.54) is 12.3 Å². The number of hydrogen-bond acceptors (Lipinski definition) is 4. The molecule has 1 aromatic heterocycles. The summed E-state index contributed by atoms with van der Waals surface area (Å²) in [6.07, 6.45) is 0.241. The van der Waals surface area contributed by atoms with E-state index in [-0.39, 0.29) is 0 Å². The van der Waals surface area contributed by atoms with E-state index in [2.05, 4.69) is 10.3 Å². The molecule has 0 saturated heterocycles. The topological polar surface area (TPSA) is 80.7 Å². The van der Waals surface area contributed by atoms with Crippen molar-refractivity contribution >= 4 is 11.8 Å². The molecule has 0 radical (unpaired) electrons. The summed E-state index contributed by atoms with van der Waals surface area (Å²) in [5.41, 5.74) is 0.363. The summed E-state index contributed by atoms with van der Waals surface area (Å²) >= 11 is 0. The quantitative estimate of drug-likeness (QED) is 0.698. The van der Waals surface area contributed by atoms with Gasteiger partial charge in [-0.3, -0.25) is 5.32 Å². The number of pyridine rings is 1. The highest BCUT2D eigenvalue weighted by Gasteiger charge is 2.13. The van der Waals surface area contributed by atoms with Gasteiger partial charge >= 0.3 is 6.09 Å².